The van der Waals surface area contributed by atoms with Crippen LogP contribution in [0.15, 0.2) is 0 Å². The van der Waals surface area contributed by atoms with E-state index < -0.39 is 0 Å². The van der Waals surface area contributed by atoms with Crippen molar-refractivity contribution in [2.75, 3.05) is 39.8 Å². The van der Waals surface area contributed by atoms with Crippen LogP contribution in [0.4, 0.5) is 0 Å². The number of ether oxygens (including phenoxy) is 1. The van der Waals surface area contributed by atoms with Gasteiger partial charge in [0, 0.05) is 32.2 Å². The lowest BCUT2D eigenvalue weighted by atomic mass is 10.1. The van der Waals surface area contributed by atoms with Gasteiger partial charge in [-0.1, -0.05) is 6.92 Å². The lowest BCUT2D eigenvalue weighted by Crippen LogP contribution is -2.51. The summed E-state index contributed by atoms with van der Waals surface area (Å²) in [5, 5.41) is 0. The number of hydrogen-bond acceptors (Lipinski definition) is 4. The minimum Gasteiger partial charge on any atom is -0.466 e. The number of rotatable bonds is 4. The minimum atomic E-state index is -0.0749. The van der Waals surface area contributed by atoms with Gasteiger partial charge in [0.05, 0.1) is 12.5 Å². The molecule has 0 N–H and O–H groups in total. The Morgan fingerprint density at radius 3 is 2.75 bits per heavy atom. The molecule has 0 radical (unpaired) electrons. The largest absolute Gasteiger partial charge is 0.466 e. The van der Waals surface area contributed by atoms with Crippen LogP contribution in [-0.2, 0) is 9.53 Å². The Morgan fingerprint density at radius 2 is 2.19 bits per heavy atom. The smallest absolute Gasteiger partial charge is 0.309 e. The molecule has 0 spiro atoms. The Kier molecular flexibility index (Phi) is 5.22. The van der Waals surface area contributed by atoms with Crippen molar-refractivity contribution in [1.29, 1.82) is 0 Å². The highest BCUT2D eigenvalue weighted by Gasteiger charge is 2.24. The first-order valence-corrected chi connectivity index (χ1v) is 6.13. The highest BCUT2D eigenvalue weighted by Crippen LogP contribution is 2.10. The van der Waals surface area contributed by atoms with E-state index >= 15 is 0 Å². The van der Waals surface area contributed by atoms with E-state index in [-0.39, 0.29) is 11.9 Å². The van der Waals surface area contributed by atoms with Crippen LogP contribution >= 0.6 is 0 Å². The molecule has 0 aromatic heterocycles. The summed E-state index contributed by atoms with van der Waals surface area (Å²) in [7, 11) is 2.15. The lowest BCUT2D eigenvalue weighted by molar-refractivity contribution is -0.148. The Bertz CT molecular complexity index is 233. The predicted octanol–water partition coefficient (Wildman–Crippen LogP) is 0.821. The molecule has 16 heavy (non-hydrogen) atoms. The number of piperazine rings is 1. The van der Waals surface area contributed by atoms with Crippen LogP contribution in [0.3, 0.4) is 0 Å². The molecule has 0 bridgehead atoms. The van der Waals surface area contributed by atoms with Crippen molar-refractivity contribution in [2.24, 2.45) is 5.92 Å². The second-order valence-corrected chi connectivity index (χ2v) is 4.74. The quantitative estimate of drug-likeness (QED) is 0.667. The standard InChI is InChI=1S/C12H24N2O2/c1-5-16-12(15)10(2)8-14-7-6-13(4)11(3)9-14/h10-11H,5-9H2,1-4H3. The molecule has 1 fully saturated rings. The fraction of sp³-hybridized carbons (Fsp3) is 0.917. The molecule has 1 aliphatic rings. The maximum atomic E-state index is 11.5. The molecule has 2 unspecified atom stereocenters. The van der Waals surface area contributed by atoms with Crippen LogP contribution in [0.2, 0.25) is 0 Å². The van der Waals surface area contributed by atoms with Crippen LogP contribution in [0.5, 0.6) is 0 Å². The summed E-state index contributed by atoms with van der Waals surface area (Å²) in [6, 6.07) is 0.572. The minimum absolute atomic E-state index is 0.0180. The van der Waals surface area contributed by atoms with Crippen LogP contribution in [0.1, 0.15) is 20.8 Å². The normalized spacial score (nSPS) is 25.4. The molecule has 1 rings (SSSR count). The number of hydrogen-bond donors (Lipinski definition) is 0. The van der Waals surface area contributed by atoms with Gasteiger partial charge in [0.1, 0.15) is 0 Å². The fourth-order valence-electron chi connectivity index (χ4n) is 2.04. The summed E-state index contributed by atoms with van der Waals surface area (Å²) in [5.74, 6) is -0.0929. The van der Waals surface area contributed by atoms with Crippen LogP contribution in [0.25, 0.3) is 0 Å². The van der Waals surface area contributed by atoms with Crippen molar-refractivity contribution in [3.8, 4) is 0 Å². The topological polar surface area (TPSA) is 32.8 Å². The molecule has 4 heteroatoms. The van der Waals surface area contributed by atoms with E-state index in [4.69, 9.17) is 4.74 Å². The van der Waals surface area contributed by atoms with E-state index in [2.05, 4.69) is 23.8 Å². The summed E-state index contributed by atoms with van der Waals surface area (Å²) < 4.78 is 5.02. The van der Waals surface area contributed by atoms with Crippen LogP contribution in [0, 0.1) is 5.92 Å². The molecule has 1 heterocycles. The Morgan fingerprint density at radius 1 is 1.50 bits per heavy atom. The number of esters is 1. The molecule has 0 saturated carbocycles. The predicted molar refractivity (Wildman–Crippen MR) is 64.3 cm³/mol. The number of nitrogens with zero attached hydrogens (tertiary/aromatic N) is 2. The SMILES string of the molecule is CCOC(=O)C(C)CN1CCN(C)C(C)C1. The number of carbonyl (C=O) groups is 1. The van der Waals surface area contributed by atoms with Crippen molar-refractivity contribution in [2.45, 2.75) is 26.8 Å². The van der Waals surface area contributed by atoms with Crippen LogP contribution < -0.4 is 0 Å². The van der Waals surface area contributed by atoms with Gasteiger partial charge in [-0.05, 0) is 20.9 Å². The Labute approximate surface area is 98.5 Å². The van der Waals surface area contributed by atoms with Crippen molar-refractivity contribution in [1.82, 2.24) is 9.80 Å². The third kappa shape index (κ3) is 3.76. The summed E-state index contributed by atoms with van der Waals surface area (Å²) in [4.78, 5) is 16.2. The monoisotopic (exact) mass is 228 g/mol. The Hall–Kier alpha value is -0.610. The van der Waals surface area contributed by atoms with Gasteiger partial charge in [-0.2, -0.15) is 0 Å². The first-order valence-electron chi connectivity index (χ1n) is 6.13. The second-order valence-electron chi connectivity index (χ2n) is 4.74. The van der Waals surface area contributed by atoms with Gasteiger partial charge in [-0.3, -0.25) is 9.69 Å². The van der Waals surface area contributed by atoms with Gasteiger partial charge in [0.15, 0.2) is 0 Å². The third-order valence-corrected chi connectivity index (χ3v) is 3.26. The van der Waals surface area contributed by atoms with Crippen molar-refractivity contribution in [3.05, 3.63) is 0 Å². The van der Waals surface area contributed by atoms with Gasteiger partial charge in [-0.25, -0.2) is 0 Å². The van der Waals surface area contributed by atoms with E-state index in [9.17, 15) is 4.79 Å². The second kappa shape index (κ2) is 6.21. The number of carbonyl (C=O) groups excluding carboxylic acids is 1. The molecular formula is C12H24N2O2. The molecule has 0 amide bonds. The van der Waals surface area contributed by atoms with Crippen LogP contribution in [-0.4, -0.2) is 61.6 Å². The molecule has 0 aromatic carbocycles. The molecule has 1 aliphatic heterocycles. The molecule has 94 valence electrons. The van der Waals surface area contributed by atoms with Gasteiger partial charge >= 0.3 is 5.97 Å². The maximum Gasteiger partial charge on any atom is 0.309 e. The zero-order valence-electron chi connectivity index (χ0n) is 10.9. The first kappa shape index (κ1) is 13.5. The van der Waals surface area contributed by atoms with E-state index in [1.165, 1.54) is 0 Å². The molecule has 1 saturated heterocycles. The highest BCUT2D eigenvalue weighted by molar-refractivity contribution is 5.72. The van der Waals surface area contributed by atoms with Crippen molar-refractivity contribution in [3.63, 3.8) is 0 Å². The summed E-state index contributed by atoms with van der Waals surface area (Å²) in [5.41, 5.74) is 0. The van der Waals surface area contributed by atoms with E-state index in [1.54, 1.807) is 0 Å². The van der Waals surface area contributed by atoms with Gasteiger partial charge in [0.25, 0.3) is 0 Å². The van der Waals surface area contributed by atoms with Crippen molar-refractivity contribution < 1.29 is 9.53 Å². The summed E-state index contributed by atoms with van der Waals surface area (Å²) in [6.07, 6.45) is 0. The molecule has 0 aliphatic carbocycles. The van der Waals surface area contributed by atoms with E-state index in [1.807, 2.05) is 13.8 Å². The van der Waals surface area contributed by atoms with Gasteiger partial charge in [0.2, 0.25) is 0 Å². The van der Waals surface area contributed by atoms with E-state index in [0.29, 0.717) is 12.6 Å². The van der Waals surface area contributed by atoms with Gasteiger partial charge < -0.3 is 9.64 Å². The molecular weight excluding hydrogens is 204 g/mol. The molecule has 2 atom stereocenters. The Balaban J connectivity index is 2.34. The highest BCUT2D eigenvalue weighted by atomic mass is 16.5. The molecule has 0 aromatic rings. The zero-order chi connectivity index (χ0) is 12.1. The number of likely N-dealkylation sites (N-methyl/N-ethyl adjacent to an activating group) is 1. The molecule has 4 nitrogen and oxygen atoms in total. The lowest BCUT2D eigenvalue weighted by Gasteiger charge is -2.38. The first-order chi connectivity index (χ1) is 7.54. The zero-order valence-corrected chi connectivity index (χ0v) is 10.9. The summed E-state index contributed by atoms with van der Waals surface area (Å²) in [6.45, 7) is 10.5. The average molecular weight is 228 g/mol. The summed E-state index contributed by atoms with van der Waals surface area (Å²) >= 11 is 0. The third-order valence-electron chi connectivity index (χ3n) is 3.26. The van der Waals surface area contributed by atoms with E-state index in [0.717, 1.165) is 26.2 Å². The average Bonchev–Trinajstić information content (AvgIpc) is 2.24. The van der Waals surface area contributed by atoms with Crippen molar-refractivity contribution >= 4 is 5.97 Å². The fourth-order valence-corrected chi connectivity index (χ4v) is 2.04. The maximum absolute atomic E-state index is 11.5. The van der Waals surface area contributed by atoms with Gasteiger partial charge in [-0.15, -0.1) is 0 Å².